The Hall–Kier alpha value is -2.67. The molecule has 1 N–H and O–H groups in total. The number of nitrogens with one attached hydrogen (secondary N) is 1. The van der Waals surface area contributed by atoms with Crippen LogP contribution in [0.1, 0.15) is 5.76 Å². The maximum atomic E-state index is 11.8. The van der Waals surface area contributed by atoms with E-state index < -0.39 is 0 Å². The number of carbonyl (C=O) groups is 1. The van der Waals surface area contributed by atoms with Gasteiger partial charge in [0.25, 0.3) is 0 Å². The van der Waals surface area contributed by atoms with Gasteiger partial charge in [0.2, 0.25) is 5.91 Å². The number of hydrogen-bond acceptors (Lipinski definition) is 6. The zero-order valence-corrected chi connectivity index (χ0v) is 13.0. The van der Waals surface area contributed by atoms with Crippen molar-refractivity contribution >= 4 is 17.7 Å². The Labute approximate surface area is 137 Å². The zero-order chi connectivity index (χ0) is 15.9. The predicted molar refractivity (Wildman–Crippen MR) is 86.5 cm³/mol. The van der Waals surface area contributed by atoms with Crippen LogP contribution in [0.5, 0.6) is 0 Å². The summed E-state index contributed by atoms with van der Waals surface area (Å²) < 4.78 is 5.15. The van der Waals surface area contributed by atoms with Gasteiger partial charge in [-0.05, 0) is 36.4 Å². The summed E-state index contributed by atoms with van der Waals surface area (Å²) in [6.45, 7) is 0.387. The lowest BCUT2D eigenvalue weighted by molar-refractivity contribution is -0.118. The summed E-state index contributed by atoms with van der Waals surface area (Å²) in [5.41, 5.74) is 1.66. The molecule has 7 heteroatoms. The Bertz CT molecular complexity index is 746. The van der Waals surface area contributed by atoms with Crippen molar-refractivity contribution < 1.29 is 9.21 Å². The number of carbonyl (C=O) groups excluding carboxylic acids is 1. The van der Waals surface area contributed by atoms with Crippen LogP contribution in [0.25, 0.3) is 11.3 Å². The fourth-order valence-electron chi connectivity index (χ4n) is 1.85. The molecule has 0 aliphatic carbocycles. The van der Waals surface area contributed by atoms with Gasteiger partial charge in [-0.3, -0.25) is 9.78 Å². The fraction of sp³-hybridized carbons (Fsp3) is 0.125. The van der Waals surface area contributed by atoms with E-state index in [0.717, 1.165) is 17.0 Å². The Morgan fingerprint density at radius 2 is 2.13 bits per heavy atom. The summed E-state index contributed by atoms with van der Waals surface area (Å²) in [6, 6.07) is 11.1. The van der Waals surface area contributed by atoms with Crippen molar-refractivity contribution in [2.24, 2.45) is 0 Å². The molecule has 0 aromatic carbocycles. The summed E-state index contributed by atoms with van der Waals surface area (Å²) in [4.78, 5) is 15.8. The van der Waals surface area contributed by atoms with Crippen molar-refractivity contribution in [3.63, 3.8) is 0 Å². The highest BCUT2D eigenvalue weighted by atomic mass is 32.2. The van der Waals surface area contributed by atoms with E-state index in [1.165, 1.54) is 11.8 Å². The van der Waals surface area contributed by atoms with Gasteiger partial charge in [0, 0.05) is 18.0 Å². The molecule has 0 fully saturated rings. The average molecular weight is 326 g/mol. The minimum atomic E-state index is -0.0791. The summed E-state index contributed by atoms with van der Waals surface area (Å²) in [6.07, 6.45) is 5.02. The minimum absolute atomic E-state index is 0.0791. The lowest BCUT2D eigenvalue weighted by Crippen LogP contribution is -2.24. The maximum Gasteiger partial charge on any atom is 0.230 e. The van der Waals surface area contributed by atoms with Gasteiger partial charge in [-0.2, -0.15) is 0 Å². The highest BCUT2D eigenvalue weighted by Gasteiger charge is 2.06. The molecule has 0 atom stereocenters. The number of aromatic nitrogens is 3. The zero-order valence-electron chi connectivity index (χ0n) is 12.2. The third kappa shape index (κ3) is 4.40. The molecule has 116 valence electrons. The van der Waals surface area contributed by atoms with Gasteiger partial charge in [0.15, 0.2) is 0 Å². The molecule has 1 amide bonds. The van der Waals surface area contributed by atoms with Gasteiger partial charge in [0.1, 0.15) is 10.8 Å². The molecule has 3 aromatic rings. The van der Waals surface area contributed by atoms with Crippen LogP contribution in [0.3, 0.4) is 0 Å². The van der Waals surface area contributed by atoms with E-state index >= 15 is 0 Å². The Balaban J connectivity index is 1.49. The van der Waals surface area contributed by atoms with Crippen molar-refractivity contribution in [1.82, 2.24) is 20.5 Å². The third-order valence-electron chi connectivity index (χ3n) is 2.99. The van der Waals surface area contributed by atoms with E-state index in [0.29, 0.717) is 11.6 Å². The first-order valence-corrected chi connectivity index (χ1v) is 7.96. The van der Waals surface area contributed by atoms with Crippen LogP contribution in [0.2, 0.25) is 0 Å². The van der Waals surface area contributed by atoms with E-state index in [2.05, 4.69) is 20.5 Å². The molecule has 0 saturated carbocycles. The van der Waals surface area contributed by atoms with Crippen molar-refractivity contribution in [2.45, 2.75) is 11.6 Å². The Morgan fingerprint density at radius 3 is 2.83 bits per heavy atom. The number of amides is 1. The molecule has 3 rings (SSSR count). The molecule has 0 unspecified atom stereocenters. The van der Waals surface area contributed by atoms with Crippen molar-refractivity contribution in [2.75, 3.05) is 5.75 Å². The number of furan rings is 1. The molecule has 23 heavy (non-hydrogen) atoms. The fourth-order valence-corrected chi connectivity index (χ4v) is 2.50. The van der Waals surface area contributed by atoms with Crippen LogP contribution in [0.15, 0.2) is 64.5 Å². The van der Waals surface area contributed by atoms with Crippen molar-refractivity contribution in [1.29, 1.82) is 0 Å². The molecule has 6 nitrogen and oxygen atoms in total. The summed E-state index contributed by atoms with van der Waals surface area (Å²) in [5.74, 6) is 0.926. The van der Waals surface area contributed by atoms with Crippen LogP contribution in [-0.2, 0) is 11.3 Å². The lowest BCUT2D eigenvalue weighted by atomic mass is 10.2. The van der Waals surface area contributed by atoms with E-state index in [1.807, 2.05) is 30.3 Å². The second-order valence-electron chi connectivity index (χ2n) is 4.64. The van der Waals surface area contributed by atoms with Crippen LogP contribution in [0, 0.1) is 0 Å². The summed E-state index contributed by atoms with van der Waals surface area (Å²) >= 11 is 1.34. The van der Waals surface area contributed by atoms with Gasteiger partial charge in [-0.15, -0.1) is 10.2 Å². The summed E-state index contributed by atoms with van der Waals surface area (Å²) in [5, 5.41) is 11.8. The van der Waals surface area contributed by atoms with Gasteiger partial charge >= 0.3 is 0 Å². The maximum absolute atomic E-state index is 11.8. The minimum Gasteiger partial charge on any atom is -0.467 e. The first kappa shape index (κ1) is 15.2. The molecule has 0 aliphatic rings. The normalized spacial score (nSPS) is 10.4. The van der Waals surface area contributed by atoms with Crippen molar-refractivity contribution in [3.05, 3.63) is 60.8 Å². The molecule has 0 spiro atoms. The number of nitrogens with zero attached hydrogens (tertiary/aromatic N) is 3. The SMILES string of the molecule is O=C(CSc1ccc(-c2cccnc2)nn1)NCc1ccco1. The molecule has 0 saturated heterocycles. The van der Waals surface area contributed by atoms with Gasteiger partial charge < -0.3 is 9.73 Å². The lowest BCUT2D eigenvalue weighted by Gasteiger charge is -2.03. The second-order valence-corrected chi connectivity index (χ2v) is 5.64. The van der Waals surface area contributed by atoms with E-state index in [-0.39, 0.29) is 11.7 Å². The molecule has 0 radical (unpaired) electrons. The number of thioether (sulfide) groups is 1. The van der Waals surface area contributed by atoms with Crippen molar-refractivity contribution in [3.8, 4) is 11.3 Å². The monoisotopic (exact) mass is 326 g/mol. The standard InChI is InChI=1S/C16H14N4O2S/c21-15(18-10-13-4-2-8-22-13)11-23-16-6-5-14(19-20-16)12-3-1-7-17-9-12/h1-9H,10-11H2,(H,18,21). The summed E-state index contributed by atoms with van der Waals surface area (Å²) in [7, 11) is 0. The average Bonchev–Trinajstić information content (AvgIpc) is 3.13. The number of hydrogen-bond donors (Lipinski definition) is 1. The highest BCUT2D eigenvalue weighted by molar-refractivity contribution is 7.99. The van der Waals surface area contributed by atoms with Crippen LogP contribution in [0.4, 0.5) is 0 Å². The first-order valence-electron chi connectivity index (χ1n) is 6.97. The second kappa shape index (κ2) is 7.55. The number of pyridine rings is 1. The van der Waals surface area contributed by atoms with E-state index in [9.17, 15) is 4.79 Å². The largest absolute Gasteiger partial charge is 0.467 e. The molecule has 0 bridgehead atoms. The first-order chi connectivity index (χ1) is 11.3. The van der Waals surface area contributed by atoms with Crippen LogP contribution in [-0.4, -0.2) is 26.8 Å². The van der Waals surface area contributed by atoms with E-state index in [4.69, 9.17) is 4.42 Å². The highest BCUT2D eigenvalue weighted by Crippen LogP contribution is 2.18. The van der Waals surface area contributed by atoms with Gasteiger partial charge in [0.05, 0.1) is 24.3 Å². The van der Waals surface area contributed by atoms with Gasteiger partial charge in [-0.25, -0.2) is 0 Å². The third-order valence-corrected chi connectivity index (χ3v) is 3.91. The number of rotatable bonds is 6. The Morgan fingerprint density at radius 1 is 1.17 bits per heavy atom. The molecular weight excluding hydrogens is 312 g/mol. The molecule has 3 heterocycles. The predicted octanol–water partition coefficient (Wildman–Crippen LogP) is 2.54. The smallest absolute Gasteiger partial charge is 0.230 e. The molecule has 3 aromatic heterocycles. The molecular formula is C16H14N4O2S. The van der Waals surface area contributed by atoms with Crippen LogP contribution >= 0.6 is 11.8 Å². The topological polar surface area (TPSA) is 80.9 Å². The van der Waals surface area contributed by atoms with E-state index in [1.54, 1.807) is 24.7 Å². The van der Waals surface area contributed by atoms with Gasteiger partial charge in [-0.1, -0.05) is 11.8 Å². The molecule has 0 aliphatic heterocycles. The Kier molecular flexibility index (Phi) is 5.00. The van der Waals surface area contributed by atoms with Crippen LogP contribution < -0.4 is 5.32 Å². The quantitative estimate of drug-likeness (QED) is 0.701.